The SMILES string of the molecule is C=CCc1cc(CN2C[C@@H](C)O[C@H](C)C2)c(O)c(OC)c1. The second kappa shape index (κ2) is 6.96. The number of nitrogens with zero attached hydrogens (tertiary/aromatic N) is 1. The third-order valence-corrected chi connectivity index (χ3v) is 3.70. The molecule has 1 aromatic rings. The van der Waals surface area contributed by atoms with Crippen molar-refractivity contribution in [1.29, 1.82) is 0 Å². The van der Waals surface area contributed by atoms with Crippen molar-refractivity contribution in [3.63, 3.8) is 0 Å². The Morgan fingerprint density at radius 2 is 2.05 bits per heavy atom. The maximum Gasteiger partial charge on any atom is 0.162 e. The second-order valence-corrected chi connectivity index (χ2v) is 5.75. The normalized spacial score (nSPS) is 23.0. The zero-order chi connectivity index (χ0) is 15.4. The van der Waals surface area contributed by atoms with Gasteiger partial charge in [-0.2, -0.15) is 0 Å². The van der Waals surface area contributed by atoms with E-state index in [0.29, 0.717) is 12.3 Å². The van der Waals surface area contributed by atoms with Gasteiger partial charge in [-0.3, -0.25) is 4.90 Å². The molecule has 0 unspecified atom stereocenters. The first-order chi connectivity index (χ1) is 10.0. The van der Waals surface area contributed by atoms with Crippen LogP contribution in [0.5, 0.6) is 11.5 Å². The summed E-state index contributed by atoms with van der Waals surface area (Å²) in [7, 11) is 1.58. The Bertz CT molecular complexity index is 491. The lowest BCUT2D eigenvalue weighted by Crippen LogP contribution is -2.44. The van der Waals surface area contributed by atoms with Gasteiger partial charge < -0.3 is 14.6 Å². The van der Waals surface area contributed by atoms with E-state index in [1.807, 2.05) is 18.2 Å². The maximum atomic E-state index is 10.3. The molecular formula is C17H25NO3. The molecule has 0 aliphatic carbocycles. The average molecular weight is 291 g/mol. The van der Waals surface area contributed by atoms with Crippen molar-refractivity contribution in [2.45, 2.75) is 39.0 Å². The minimum absolute atomic E-state index is 0.217. The number of phenols is 1. The number of hydrogen-bond acceptors (Lipinski definition) is 4. The average Bonchev–Trinajstić information content (AvgIpc) is 2.41. The van der Waals surface area contributed by atoms with Crippen LogP contribution in [0, 0.1) is 0 Å². The van der Waals surface area contributed by atoms with E-state index in [-0.39, 0.29) is 18.0 Å². The third-order valence-electron chi connectivity index (χ3n) is 3.70. The number of hydrogen-bond donors (Lipinski definition) is 1. The highest BCUT2D eigenvalue weighted by molar-refractivity contribution is 5.48. The second-order valence-electron chi connectivity index (χ2n) is 5.75. The lowest BCUT2D eigenvalue weighted by atomic mass is 10.0. The summed E-state index contributed by atoms with van der Waals surface area (Å²) in [5.41, 5.74) is 2.00. The molecule has 0 saturated carbocycles. The van der Waals surface area contributed by atoms with Crippen LogP contribution in [0.15, 0.2) is 24.8 Å². The van der Waals surface area contributed by atoms with E-state index < -0.39 is 0 Å². The van der Waals surface area contributed by atoms with Crippen LogP contribution in [0.3, 0.4) is 0 Å². The molecule has 1 aromatic carbocycles. The fourth-order valence-electron chi connectivity index (χ4n) is 2.94. The first-order valence-electron chi connectivity index (χ1n) is 7.41. The lowest BCUT2D eigenvalue weighted by Gasteiger charge is -2.35. The molecule has 116 valence electrons. The number of phenolic OH excluding ortho intramolecular Hbond substituents is 1. The number of rotatable bonds is 5. The smallest absolute Gasteiger partial charge is 0.162 e. The third kappa shape index (κ3) is 3.99. The number of allylic oxidation sites excluding steroid dienone is 1. The monoisotopic (exact) mass is 291 g/mol. The quantitative estimate of drug-likeness (QED) is 0.847. The molecule has 4 nitrogen and oxygen atoms in total. The van der Waals surface area contributed by atoms with Crippen LogP contribution in [0.25, 0.3) is 0 Å². The van der Waals surface area contributed by atoms with E-state index in [2.05, 4.69) is 25.3 Å². The molecule has 0 aromatic heterocycles. The van der Waals surface area contributed by atoms with Crippen molar-refractivity contribution >= 4 is 0 Å². The van der Waals surface area contributed by atoms with Crippen molar-refractivity contribution in [3.05, 3.63) is 35.9 Å². The highest BCUT2D eigenvalue weighted by Gasteiger charge is 2.23. The fourth-order valence-corrected chi connectivity index (χ4v) is 2.94. The fraction of sp³-hybridized carbons (Fsp3) is 0.529. The summed E-state index contributed by atoms with van der Waals surface area (Å²) < 4.78 is 11.0. The standard InChI is InChI=1S/C17H25NO3/c1-5-6-14-7-15(17(19)16(8-14)20-4)11-18-9-12(2)21-13(3)10-18/h5,7-8,12-13,19H,1,6,9-11H2,2-4H3/t12-,13-/m1/s1. The summed E-state index contributed by atoms with van der Waals surface area (Å²) in [4.78, 5) is 2.31. The Morgan fingerprint density at radius 3 is 2.62 bits per heavy atom. The van der Waals surface area contributed by atoms with Crippen LogP contribution in [0.1, 0.15) is 25.0 Å². The Balaban J connectivity index is 2.21. The van der Waals surface area contributed by atoms with Gasteiger partial charge in [-0.1, -0.05) is 12.1 Å². The van der Waals surface area contributed by atoms with E-state index in [9.17, 15) is 5.11 Å². The van der Waals surface area contributed by atoms with Crippen molar-refractivity contribution in [3.8, 4) is 11.5 Å². The molecule has 2 atom stereocenters. The van der Waals surface area contributed by atoms with E-state index in [4.69, 9.17) is 9.47 Å². The molecule has 1 saturated heterocycles. The largest absolute Gasteiger partial charge is 0.504 e. The van der Waals surface area contributed by atoms with Crippen LogP contribution >= 0.6 is 0 Å². The number of aromatic hydroxyl groups is 1. The van der Waals surface area contributed by atoms with E-state index in [0.717, 1.165) is 30.6 Å². The zero-order valence-electron chi connectivity index (χ0n) is 13.1. The van der Waals surface area contributed by atoms with E-state index in [1.165, 1.54) is 0 Å². The van der Waals surface area contributed by atoms with Gasteiger partial charge in [-0.25, -0.2) is 0 Å². The molecular weight excluding hydrogens is 266 g/mol. The van der Waals surface area contributed by atoms with Crippen molar-refractivity contribution in [2.75, 3.05) is 20.2 Å². The van der Waals surface area contributed by atoms with Crippen LogP contribution < -0.4 is 4.74 Å². The zero-order valence-corrected chi connectivity index (χ0v) is 13.1. The molecule has 1 aliphatic heterocycles. The van der Waals surface area contributed by atoms with Crippen LogP contribution in [-0.4, -0.2) is 42.4 Å². The molecule has 0 bridgehead atoms. The topological polar surface area (TPSA) is 41.9 Å². The summed E-state index contributed by atoms with van der Waals surface area (Å²) >= 11 is 0. The molecule has 1 aliphatic rings. The summed E-state index contributed by atoms with van der Waals surface area (Å²) in [6.07, 6.45) is 3.05. The highest BCUT2D eigenvalue weighted by atomic mass is 16.5. The first kappa shape index (κ1) is 15.9. The minimum atomic E-state index is 0.217. The van der Waals surface area contributed by atoms with E-state index >= 15 is 0 Å². The molecule has 4 heteroatoms. The van der Waals surface area contributed by atoms with Crippen molar-refractivity contribution < 1.29 is 14.6 Å². The van der Waals surface area contributed by atoms with Gasteiger partial charge in [-0.05, 0) is 31.9 Å². The molecule has 1 fully saturated rings. The Morgan fingerprint density at radius 1 is 1.38 bits per heavy atom. The van der Waals surface area contributed by atoms with Crippen LogP contribution in [0.4, 0.5) is 0 Å². The maximum absolute atomic E-state index is 10.3. The highest BCUT2D eigenvalue weighted by Crippen LogP contribution is 2.33. The molecule has 2 rings (SSSR count). The van der Waals surface area contributed by atoms with Gasteiger partial charge in [0, 0.05) is 25.2 Å². The molecule has 0 radical (unpaired) electrons. The summed E-state index contributed by atoms with van der Waals surface area (Å²) in [5, 5.41) is 10.3. The molecule has 21 heavy (non-hydrogen) atoms. The summed E-state index contributed by atoms with van der Waals surface area (Å²) in [5.74, 6) is 0.760. The van der Waals surface area contributed by atoms with Gasteiger partial charge in [0.1, 0.15) is 0 Å². The lowest BCUT2D eigenvalue weighted by molar-refractivity contribution is -0.0706. The Kier molecular flexibility index (Phi) is 5.26. The van der Waals surface area contributed by atoms with Gasteiger partial charge in [-0.15, -0.1) is 6.58 Å². The molecule has 1 heterocycles. The van der Waals surface area contributed by atoms with Gasteiger partial charge in [0.05, 0.1) is 19.3 Å². The number of morpholine rings is 1. The Hall–Kier alpha value is -1.52. The van der Waals surface area contributed by atoms with Crippen LogP contribution in [-0.2, 0) is 17.7 Å². The summed E-state index contributed by atoms with van der Waals surface area (Å²) in [6.45, 7) is 10.4. The van der Waals surface area contributed by atoms with Gasteiger partial charge in [0.25, 0.3) is 0 Å². The Labute approximate surface area is 127 Å². The number of methoxy groups -OCH3 is 1. The molecule has 1 N–H and O–H groups in total. The molecule has 0 spiro atoms. The van der Waals surface area contributed by atoms with E-state index in [1.54, 1.807) is 7.11 Å². The van der Waals surface area contributed by atoms with Crippen molar-refractivity contribution in [1.82, 2.24) is 4.90 Å². The number of ether oxygens (including phenoxy) is 2. The number of benzene rings is 1. The van der Waals surface area contributed by atoms with Crippen LogP contribution in [0.2, 0.25) is 0 Å². The van der Waals surface area contributed by atoms with Gasteiger partial charge in [0.2, 0.25) is 0 Å². The van der Waals surface area contributed by atoms with Gasteiger partial charge in [0.15, 0.2) is 11.5 Å². The van der Waals surface area contributed by atoms with Gasteiger partial charge >= 0.3 is 0 Å². The predicted molar refractivity (Wildman–Crippen MR) is 83.8 cm³/mol. The minimum Gasteiger partial charge on any atom is -0.504 e. The van der Waals surface area contributed by atoms with Crippen molar-refractivity contribution in [2.24, 2.45) is 0 Å². The summed E-state index contributed by atoms with van der Waals surface area (Å²) in [6, 6.07) is 3.90. The molecule has 0 amide bonds. The predicted octanol–water partition coefficient (Wildman–Crippen LogP) is 2.74. The first-order valence-corrected chi connectivity index (χ1v) is 7.41.